The van der Waals surface area contributed by atoms with E-state index in [1.165, 1.54) is 4.31 Å². The molecule has 0 saturated carbocycles. The fraction of sp³-hybridized carbons (Fsp3) is 0.600. The number of aliphatic imine (C=N–C) groups is 1. The molecule has 10 heteroatoms. The van der Waals surface area contributed by atoms with Crippen LogP contribution in [0, 0.1) is 0 Å². The molecule has 0 aliphatic carbocycles. The topological polar surface area (TPSA) is 112 Å². The van der Waals surface area contributed by atoms with Crippen molar-refractivity contribution in [3.05, 3.63) is 29.8 Å². The second-order valence-corrected chi connectivity index (χ2v) is 10.2. The first-order valence-corrected chi connectivity index (χ1v) is 11.7. The zero-order valence-electron chi connectivity index (χ0n) is 18.2. The van der Waals surface area contributed by atoms with Gasteiger partial charge in [0.2, 0.25) is 10.0 Å². The fourth-order valence-corrected chi connectivity index (χ4v) is 4.49. The molecule has 0 aromatic heterocycles. The predicted octanol–water partition coefficient (Wildman–Crippen LogP) is 1.78. The molecule has 0 unspecified atom stereocenters. The van der Waals surface area contributed by atoms with Crippen LogP contribution in [0.4, 0.5) is 10.5 Å². The van der Waals surface area contributed by atoms with Crippen molar-refractivity contribution < 1.29 is 17.9 Å². The summed E-state index contributed by atoms with van der Waals surface area (Å²) >= 11 is 0. The third-order valence-electron chi connectivity index (χ3n) is 4.39. The van der Waals surface area contributed by atoms with Crippen LogP contribution in [0.2, 0.25) is 0 Å². The minimum absolute atomic E-state index is 0.242. The van der Waals surface area contributed by atoms with Crippen LogP contribution in [-0.2, 0) is 21.2 Å². The lowest BCUT2D eigenvalue weighted by molar-refractivity contribution is 0.0636. The fourth-order valence-electron chi connectivity index (χ4n) is 2.96. The number of sulfonamides is 1. The molecule has 1 heterocycles. The molecule has 0 atom stereocenters. The molecule has 0 spiro atoms. The van der Waals surface area contributed by atoms with E-state index < -0.39 is 21.7 Å². The third kappa shape index (κ3) is 8.19. The Bertz CT molecular complexity index is 832. The summed E-state index contributed by atoms with van der Waals surface area (Å²) in [6.07, 6.45) is 0.989. The summed E-state index contributed by atoms with van der Waals surface area (Å²) in [4.78, 5) is 16.0. The van der Waals surface area contributed by atoms with E-state index in [0.717, 1.165) is 12.0 Å². The molecule has 0 radical (unpaired) electrons. The van der Waals surface area contributed by atoms with Gasteiger partial charge in [0.25, 0.3) is 0 Å². The number of guanidine groups is 1. The molecular weight excluding hydrogens is 406 g/mol. The van der Waals surface area contributed by atoms with Gasteiger partial charge in [0.1, 0.15) is 5.60 Å². The zero-order valence-corrected chi connectivity index (χ0v) is 19.0. The lowest BCUT2D eigenvalue weighted by atomic mass is 10.1. The van der Waals surface area contributed by atoms with Crippen LogP contribution >= 0.6 is 0 Å². The summed E-state index contributed by atoms with van der Waals surface area (Å²) in [7, 11) is -1.39. The highest BCUT2D eigenvalue weighted by atomic mass is 32.2. The van der Waals surface area contributed by atoms with Gasteiger partial charge in [-0.3, -0.25) is 10.3 Å². The molecule has 1 aliphatic rings. The number of hydrogen-bond acceptors (Lipinski definition) is 5. The van der Waals surface area contributed by atoms with Gasteiger partial charge >= 0.3 is 6.09 Å². The lowest BCUT2D eigenvalue weighted by Crippen LogP contribution is -2.42. The van der Waals surface area contributed by atoms with E-state index in [1.54, 1.807) is 7.05 Å². The second-order valence-electron chi connectivity index (χ2n) is 8.07. The SMILES string of the molecule is CN=C(NCCc1ccc(NC(=O)OC(C)(C)C)cc1)NCCN1CCCS1(=O)=O. The summed E-state index contributed by atoms with van der Waals surface area (Å²) < 4.78 is 30.4. The average Bonchev–Trinajstić information content (AvgIpc) is 2.98. The second kappa shape index (κ2) is 10.6. The maximum atomic E-state index is 11.8. The van der Waals surface area contributed by atoms with Crippen molar-refractivity contribution in [2.24, 2.45) is 4.99 Å². The third-order valence-corrected chi connectivity index (χ3v) is 6.34. The average molecular weight is 440 g/mol. The van der Waals surface area contributed by atoms with Crippen molar-refractivity contribution in [3.8, 4) is 0 Å². The number of anilines is 1. The van der Waals surface area contributed by atoms with E-state index in [0.29, 0.717) is 44.2 Å². The van der Waals surface area contributed by atoms with Gasteiger partial charge < -0.3 is 15.4 Å². The van der Waals surface area contributed by atoms with Gasteiger partial charge in [-0.1, -0.05) is 12.1 Å². The van der Waals surface area contributed by atoms with Crippen molar-refractivity contribution in [2.75, 3.05) is 44.3 Å². The molecule has 1 amide bonds. The number of hydrogen-bond donors (Lipinski definition) is 3. The molecule has 0 bridgehead atoms. The molecule has 168 valence electrons. The van der Waals surface area contributed by atoms with Gasteiger partial charge in [0.05, 0.1) is 5.75 Å². The van der Waals surface area contributed by atoms with Crippen LogP contribution in [0.5, 0.6) is 0 Å². The number of carbonyl (C=O) groups excluding carboxylic acids is 1. The van der Waals surface area contributed by atoms with E-state index >= 15 is 0 Å². The van der Waals surface area contributed by atoms with Crippen molar-refractivity contribution in [1.29, 1.82) is 0 Å². The monoisotopic (exact) mass is 439 g/mol. The van der Waals surface area contributed by atoms with Gasteiger partial charge in [-0.15, -0.1) is 0 Å². The maximum Gasteiger partial charge on any atom is 0.412 e. The van der Waals surface area contributed by atoms with Crippen molar-refractivity contribution >= 4 is 27.8 Å². The van der Waals surface area contributed by atoms with Crippen LogP contribution in [0.25, 0.3) is 0 Å². The number of benzene rings is 1. The van der Waals surface area contributed by atoms with E-state index in [2.05, 4.69) is 20.9 Å². The molecule has 1 aliphatic heterocycles. The summed E-state index contributed by atoms with van der Waals surface area (Å²) in [5, 5.41) is 9.07. The molecule has 1 saturated heterocycles. The van der Waals surface area contributed by atoms with Crippen molar-refractivity contribution in [3.63, 3.8) is 0 Å². The molecule has 3 N–H and O–H groups in total. The van der Waals surface area contributed by atoms with E-state index in [1.807, 2.05) is 45.0 Å². The minimum Gasteiger partial charge on any atom is -0.444 e. The number of rotatable bonds is 7. The van der Waals surface area contributed by atoms with Crippen LogP contribution < -0.4 is 16.0 Å². The lowest BCUT2D eigenvalue weighted by Gasteiger charge is -2.19. The molecular formula is C20H33N5O4S. The highest BCUT2D eigenvalue weighted by Crippen LogP contribution is 2.13. The first kappa shape index (κ1) is 23.9. The minimum atomic E-state index is -3.07. The molecule has 9 nitrogen and oxygen atoms in total. The van der Waals surface area contributed by atoms with Gasteiger partial charge in [0.15, 0.2) is 5.96 Å². The van der Waals surface area contributed by atoms with Crippen LogP contribution in [0.15, 0.2) is 29.3 Å². The Labute approximate surface area is 179 Å². The largest absolute Gasteiger partial charge is 0.444 e. The molecule has 30 heavy (non-hydrogen) atoms. The van der Waals surface area contributed by atoms with E-state index in [9.17, 15) is 13.2 Å². The highest BCUT2D eigenvalue weighted by Gasteiger charge is 2.27. The molecule has 2 rings (SSSR count). The Balaban J connectivity index is 1.70. The number of nitrogens with one attached hydrogen (secondary N) is 3. The quantitative estimate of drug-likeness (QED) is 0.441. The van der Waals surface area contributed by atoms with Crippen molar-refractivity contribution in [2.45, 2.75) is 39.2 Å². The Kier molecular flexibility index (Phi) is 8.48. The van der Waals surface area contributed by atoms with E-state index in [-0.39, 0.29) is 5.75 Å². The van der Waals surface area contributed by atoms with Crippen LogP contribution in [0.1, 0.15) is 32.8 Å². The summed E-state index contributed by atoms with van der Waals surface area (Å²) in [6, 6.07) is 7.57. The van der Waals surface area contributed by atoms with Gasteiger partial charge in [-0.2, -0.15) is 0 Å². The van der Waals surface area contributed by atoms with E-state index in [4.69, 9.17) is 4.74 Å². The maximum absolute atomic E-state index is 11.8. The number of nitrogens with zero attached hydrogens (tertiary/aromatic N) is 2. The smallest absolute Gasteiger partial charge is 0.412 e. The molecule has 1 aromatic rings. The first-order valence-electron chi connectivity index (χ1n) is 10.1. The Hall–Kier alpha value is -2.33. The molecule has 1 fully saturated rings. The Morgan fingerprint density at radius 2 is 1.83 bits per heavy atom. The summed E-state index contributed by atoms with van der Waals surface area (Å²) in [6.45, 7) is 7.66. The van der Waals surface area contributed by atoms with Gasteiger partial charge in [-0.05, 0) is 51.3 Å². The summed E-state index contributed by atoms with van der Waals surface area (Å²) in [5.41, 5.74) is 1.25. The van der Waals surface area contributed by atoms with Gasteiger partial charge in [0, 0.05) is 38.9 Å². The first-order chi connectivity index (χ1) is 14.1. The number of amides is 1. The zero-order chi connectivity index (χ0) is 22.2. The van der Waals surface area contributed by atoms with Gasteiger partial charge in [-0.25, -0.2) is 17.5 Å². The summed E-state index contributed by atoms with van der Waals surface area (Å²) in [5.74, 6) is 0.876. The predicted molar refractivity (Wildman–Crippen MR) is 119 cm³/mol. The Morgan fingerprint density at radius 3 is 2.40 bits per heavy atom. The number of ether oxygens (including phenoxy) is 1. The highest BCUT2D eigenvalue weighted by molar-refractivity contribution is 7.89. The van der Waals surface area contributed by atoms with Crippen molar-refractivity contribution in [1.82, 2.24) is 14.9 Å². The normalized spacial score (nSPS) is 16.9. The standard InChI is InChI=1S/C20H33N5O4S/c1-20(2,3)29-19(26)24-17-8-6-16(7-9-17)10-11-22-18(21-4)23-12-14-25-13-5-15-30(25,27)28/h6-9H,5,10-15H2,1-4H3,(H,24,26)(H2,21,22,23). The Morgan fingerprint density at radius 1 is 1.17 bits per heavy atom. The van der Waals surface area contributed by atoms with Crippen LogP contribution in [0.3, 0.4) is 0 Å². The molecule has 1 aromatic carbocycles. The van der Waals surface area contributed by atoms with Crippen LogP contribution in [-0.4, -0.2) is 69.4 Å². The number of carbonyl (C=O) groups is 1.